The number of Topliss-reactive ketones (excluding diaryl/α,β-unsaturated/α-hetero) is 1. The third-order valence-corrected chi connectivity index (χ3v) is 5.19. The molecule has 7 heteroatoms. The van der Waals surface area contributed by atoms with Crippen LogP contribution >= 0.6 is 0 Å². The lowest BCUT2D eigenvalue weighted by atomic mass is 10.1. The molecule has 0 fully saturated rings. The SMILES string of the molecule is Cc1ccc(S(C)(=O)=O)cc1C(=O)OCC(=O)c1c[nH]c2ccccc12. The molecule has 0 saturated heterocycles. The van der Waals surface area contributed by atoms with Gasteiger partial charge in [-0.1, -0.05) is 24.3 Å². The molecule has 1 N–H and O–H groups in total. The van der Waals surface area contributed by atoms with E-state index in [0.29, 0.717) is 11.1 Å². The summed E-state index contributed by atoms with van der Waals surface area (Å²) >= 11 is 0. The Morgan fingerprint density at radius 2 is 1.81 bits per heavy atom. The van der Waals surface area contributed by atoms with Gasteiger partial charge in [0.2, 0.25) is 5.78 Å². The Morgan fingerprint density at radius 3 is 2.54 bits per heavy atom. The van der Waals surface area contributed by atoms with Crippen LogP contribution < -0.4 is 0 Å². The van der Waals surface area contributed by atoms with Gasteiger partial charge in [0.05, 0.1) is 10.5 Å². The summed E-state index contributed by atoms with van der Waals surface area (Å²) in [6, 6.07) is 11.6. The first-order chi connectivity index (χ1) is 12.3. The van der Waals surface area contributed by atoms with E-state index >= 15 is 0 Å². The molecule has 6 nitrogen and oxygen atoms in total. The second-order valence-electron chi connectivity index (χ2n) is 6.00. The van der Waals surface area contributed by atoms with E-state index < -0.39 is 22.4 Å². The van der Waals surface area contributed by atoms with E-state index in [0.717, 1.165) is 17.2 Å². The lowest BCUT2D eigenvalue weighted by Gasteiger charge is -2.08. The predicted octanol–water partition coefficient (Wildman–Crippen LogP) is 2.92. The van der Waals surface area contributed by atoms with Crippen molar-refractivity contribution in [3.8, 4) is 0 Å². The summed E-state index contributed by atoms with van der Waals surface area (Å²) in [6.45, 7) is 1.24. The van der Waals surface area contributed by atoms with Crippen molar-refractivity contribution in [2.75, 3.05) is 12.9 Å². The minimum Gasteiger partial charge on any atom is -0.454 e. The van der Waals surface area contributed by atoms with Crippen LogP contribution in [0.25, 0.3) is 10.9 Å². The number of aromatic amines is 1. The summed E-state index contributed by atoms with van der Waals surface area (Å²) in [5, 5.41) is 0.754. The fraction of sp³-hybridized carbons (Fsp3) is 0.158. The molecule has 0 aliphatic carbocycles. The highest BCUT2D eigenvalue weighted by Crippen LogP contribution is 2.19. The molecule has 0 aliphatic rings. The van der Waals surface area contributed by atoms with Gasteiger partial charge in [-0.25, -0.2) is 13.2 Å². The van der Waals surface area contributed by atoms with Gasteiger partial charge >= 0.3 is 5.97 Å². The molecular formula is C19H17NO5S. The number of benzene rings is 2. The van der Waals surface area contributed by atoms with Crippen LogP contribution in [-0.4, -0.2) is 38.0 Å². The largest absolute Gasteiger partial charge is 0.454 e. The van der Waals surface area contributed by atoms with Gasteiger partial charge in [0.25, 0.3) is 0 Å². The molecule has 0 bridgehead atoms. The molecule has 0 unspecified atom stereocenters. The minimum absolute atomic E-state index is 0.0259. The smallest absolute Gasteiger partial charge is 0.338 e. The molecule has 2 aromatic carbocycles. The lowest BCUT2D eigenvalue weighted by Crippen LogP contribution is -2.15. The van der Waals surface area contributed by atoms with Crippen molar-refractivity contribution in [3.05, 3.63) is 65.4 Å². The number of para-hydroxylation sites is 1. The molecule has 26 heavy (non-hydrogen) atoms. The highest BCUT2D eigenvalue weighted by molar-refractivity contribution is 7.90. The number of esters is 1. The van der Waals surface area contributed by atoms with Crippen molar-refractivity contribution in [1.82, 2.24) is 4.98 Å². The fourth-order valence-corrected chi connectivity index (χ4v) is 3.29. The van der Waals surface area contributed by atoms with Crippen molar-refractivity contribution in [2.45, 2.75) is 11.8 Å². The average Bonchev–Trinajstić information content (AvgIpc) is 3.03. The number of ketones is 1. The Kier molecular flexibility index (Phi) is 4.65. The van der Waals surface area contributed by atoms with Gasteiger partial charge in [-0.3, -0.25) is 4.79 Å². The normalized spacial score (nSPS) is 11.5. The molecule has 0 radical (unpaired) electrons. The Balaban J connectivity index is 1.78. The summed E-state index contributed by atoms with van der Waals surface area (Å²) in [5.41, 5.74) is 1.95. The summed E-state index contributed by atoms with van der Waals surface area (Å²) in [6.07, 6.45) is 2.64. The van der Waals surface area contributed by atoms with Gasteiger partial charge in [-0.05, 0) is 30.7 Å². The van der Waals surface area contributed by atoms with Crippen molar-refractivity contribution >= 4 is 32.5 Å². The van der Waals surface area contributed by atoms with Crippen LogP contribution in [0.4, 0.5) is 0 Å². The van der Waals surface area contributed by atoms with Crippen LogP contribution in [0.3, 0.4) is 0 Å². The molecule has 1 heterocycles. The maximum absolute atomic E-state index is 12.4. The molecule has 0 saturated carbocycles. The number of carbonyl (C=O) groups is 2. The lowest BCUT2D eigenvalue weighted by molar-refractivity contribution is 0.0474. The molecular weight excluding hydrogens is 354 g/mol. The number of sulfone groups is 1. The van der Waals surface area contributed by atoms with Crippen LogP contribution in [0.5, 0.6) is 0 Å². The summed E-state index contributed by atoms with van der Waals surface area (Å²) in [4.78, 5) is 27.7. The molecule has 3 aromatic rings. The number of rotatable bonds is 5. The Morgan fingerprint density at radius 1 is 1.08 bits per heavy atom. The zero-order valence-electron chi connectivity index (χ0n) is 14.3. The van der Waals surface area contributed by atoms with E-state index in [1.807, 2.05) is 18.2 Å². The number of aryl methyl sites for hydroxylation is 1. The van der Waals surface area contributed by atoms with Crippen LogP contribution in [0.1, 0.15) is 26.3 Å². The van der Waals surface area contributed by atoms with Crippen molar-refractivity contribution in [3.63, 3.8) is 0 Å². The van der Waals surface area contributed by atoms with Gasteiger partial charge in [0, 0.05) is 28.9 Å². The maximum Gasteiger partial charge on any atom is 0.338 e. The van der Waals surface area contributed by atoms with Crippen LogP contribution in [-0.2, 0) is 14.6 Å². The zero-order chi connectivity index (χ0) is 18.9. The molecule has 0 spiro atoms. The number of H-pyrrole nitrogens is 1. The number of hydrogen-bond donors (Lipinski definition) is 1. The van der Waals surface area contributed by atoms with Crippen LogP contribution in [0.15, 0.2) is 53.6 Å². The van der Waals surface area contributed by atoms with E-state index in [1.54, 1.807) is 19.2 Å². The molecule has 0 atom stereocenters. The molecule has 134 valence electrons. The van der Waals surface area contributed by atoms with Gasteiger partial charge in [-0.2, -0.15) is 0 Å². The van der Waals surface area contributed by atoms with E-state index in [2.05, 4.69) is 4.98 Å². The summed E-state index contributed by atoms with van der Waals surface area (Å²) < 4.78 is 28.4. The highest BCUT2D eigenvalue weighted by atomic mass is 32.2. The monoisotopic (exact) mass is 371 g/mol. The van der Waals surface area contributed by atoms with Crippen molar-refractivity contribution in [2.24, 2.45) is 0 Å². The van der Waals surface area contributed by atoms with Gasteiger partial charge in [-0.15, -0.1) is 0 Å². The van der Waals surface area contributed by atoms with Crippen molar-refractivity contribution in [1.29, 1.82) is 0 Å². The summed E-state index contributed by atoms with van der Waals surface area (Å²) in [7, 11) is -3.45. The van der Waals surface area contributed by atoms with E-state index in [9.17, 15) is 18.0 Å². The van der Waals surface area contributed by atoms with Gasteiger partial charge in [0.15, 0.2) is 16.4 Å². The number of fused-ring (bicyclic) bond motifs is 1. The zero-order valence-corrected chi connectivity index (χ0v) is 15.1. The fourth-order valence-electron chi connectivity index (χ4n) is 2.64. The number of ether oxygens (including phenoxy) is 1. The number of hydrogen-bond acceptors (Lipinski definition) is 5. The third-order valence-electron chi connectivity index (χ3n) is 4.08. The van der Waals surface area contributed by atoms with E-state index in [1.165, 1.54) is 18.2 Å². The van der Waals surface area contributed by atoms with E-state index in [4.69, 9.17) is 4.74 Å². The number of aromatic nitrogens is 1. The second kappa shape index (κ2) is 6.76. The molecule has 0 amide bonds. The first-order valence-electron chi connectivity index (χ1n) is 7.84. The Hall–Kier alpha value is -2.93. The Labute approximate surface area is 150 Å². The summed E-state index contributed by atoms with van der Waals surface area (Å²) in [5.74, 6) is -1.08. The van der Waals surface area contributed by atoms with Gasteiger partial charge in [0.1, 0.15) is 0 Å². The van der Waals surface area contributed by atoms with Crippen molar-refractivity contribution < 1.29 is 22.7 Å². The average molecular weight is 371 g/mol. The maximum atomic E-state index is 12.4. The highest BCUT2D eigenvalue weighted by Gasteiger charge is 2.18. The van der Waals surface area contributed by atoms with E-state index in [-0.39, 0.29) is 16.2 Å². The molecule has 1 aromatic heterocycles. The third kappa shape index (κ3) is 3.52. The first kappa shape index (κ1) is 17.9. The van der Waals surface area contributed by atoms with Crippen LogP contribution in [0, 0.1) is 6.92 Å². The van der Waals surface area contributed by atoms with Crippen LogP contribution in [0.2, 0.25) is 0 Å². The topological polar surface area (TPSA) is 93.3 Å². The second-order valence-corrected chi connectivity index (χ2v) is 8.01. The molecule has 3 rings (SSSR count). The molecule has 0 aliphatic heterocycles. The predicted molar refractivity (Wildman–Crippen MR) is 97.2 cm³/mol. The quantitative estimate of drug-likeness (QED) is 0.550. The van der Waals surface area contributed by atoms with Gasteiger partial charge < -0.3 is 9.72 Å². The number of carbonyl (C=O) groups excluding carboxylic acids is 2. The number of nitrogens with one attached hydrogen (secondary N) is 1. The first-order valence-corrected chi connectivity index (χ1v) is 9.73. The minimum atomic E-state index is -3.45. The standard InChI is InChI=1S/C19H17NO5S/c1-12-7-8-13(26(2,23)24)9-15(12)19(22)25-11-18(21)16-10-20-17-6-4-3-5-14(16)17/h3-10,20H,11H2,1-2H3. The Bertz CT molecular complexity index is 1110.